The van der Waals surface area contributed by atoms with Gasteiger partial charge in [-0.3, -0.25) is 4.79 Å². The summed E-state index contributed by atoms with van der Waals surface area (Å²) in [6.45, 7) is 4.20. The van der Waals surface area contributed by atoms with Crippen LogP contribution in [0.1, 0.15) is 36.2 Å². The SMILES string of the molecule is COc1ccc(C(=O)N2C3CC2CN(c2ncc(-c4cc(OCC(C)(C)O)cn5ncc(C#N)c45)cc2F)C3)cn1. The molecule has 0 aliphatic carbocycles. The highest BCUT2D eigenvalue weighted by atomic mass is 19.1. The highest BCUT2D eigenvalue weighted by molar-refractivity contribution is 5.95. The van der Waals surface area contributed by atoms with Crippen molar-refractivity contribution in [3.05, 3.63) is 66.0 Å². The molecule has 4 aromatic rings. The number of pyridine rings is 3. The molecule has 0 radical (unpaired) electrons. The van der Waals surface area contributed by atoms with E-state index in [4.69, 9.17) is 9.47 Å². The number of anilines is 1. The van der Waals surface area contributed by atoms with Gasteiger partial charge in [0.1, 0.15) is 18.4 Å². The fourth-order valence-electron chi connectivity index (χ4n) is 5.44. The summed E-state index contributed by atoms with van der Waals surface area (Å²) in [5.41, 5.74) is 1.22. The number of ether oxygens (including phenoxy) is 2. The molecule has 2 unspecified atom stereocenters. The van der Waals surface area contributed by atoms with Gasteiger partial charge in [0.25, 0.3) is 5.91 Å². The molecule has 4 aromatic heterocycles. The maximum Gasteiger partial charge on any atom is 0.256 e. The van der Waals surface area contributed by atoms with E-state index < -0.39 is 11.4 Å². The monoisotopic (exact) mass is 557 g/mol. The Morgan fingerprint density at radius 1 is 1.20 bits per heavy atom. The summed E-state index contributed by atoms with van der Waals surface area (Å²) in [6.07, 6.45) is 6.96. The number of nitrogens with zero attached hydrogens (tertiary/aromatic N) is 7. The molecule has 41 heavy (non-hydrogen) atoms. The Morgan fingerprint density at radius 3 is 2.61 bits per heavy atom. The summed E-state index contributed by atoms with van der Waals surface area (Å²) in [7, 11) is 1.52. The highest BCUT2D eigenvalue weighted by Gasteiger charge is 2.48. The number of aromatic nitrogens is 4. The van der Waals surface area contributed by atoms with Crippen LogP contribution in [0.5, 0.6) is 11.6 Å². The summed E-state index contributed by atoms with van der Waals surface area (Å²) in [6, 6.07) is 8.44. The van der Waals surface area contributed by atoms with Crippen LogP contribution in [0.4, 0.5) is 10.2 Å². The summed E-state index contributed by atoms with van der Waals surface area (Å²) in [5.74, 6) is 0.433. The van der Waals surface area contributed by atoms with Crippen LogP contribution in [0.2, 0.25) is 0 Å². The van der Waals surface area contributed by atoms with Crippen molar-refractivity contribution >= 4 is 17.2 Å². The van der Waals surface area contributed by atoms with Gasteiger partial charge in [0.2, 0.25) is 5.88 Å². The third-order valence-electron chi connectivity index (χ3n) is 7.35. The molecule has 12 heteroatoms. The fraction of sp³-hybridized carbons (Fsp3) is 0.345. The first-order valence-corrected chi connectivity index (χ1v) is 13.2. The van der Waals surface area contributed by atoms with E-state index in [1.807, 2.05) is 9.80 Å². The number of carbonyl (C=O) groups is 1. The molecule has 7 rings (SSSR count). The topological polar surface area (TPSA) is 129 Å². The number of nitriles is 1. The predicted octanol–water partition coefficient (Wildman–Crippen LogP) is 3.06. The van der Waals surface area contributed by atoms with Gasteiger partial charge >= 0.3 is 0 Å². The molecular formula is C29H28FN7O4. The molecule has 3 saturated heterocycles. The Morgan fingerprint density at radius 2 is 1.98 bits per heavy atom. The smallest absolute Gasteiger partial charge is 0.256 e. The van der Waals surface area contributed by atoms with E-state index in [2.05, 4.69) is 21.1 Å². The van der Waals surface area contributed by atoms with Crippen LogP contribution in [0.3, 0.4) is 0 Å². The number of methoxy groups -OCH3 is 1. The Balaban J connectivity index is 1.24. The van der Waals surface area contributed by atoms with Crippen LogP contribution in [-0.4, -0.2) is 80.0 Å². The number of piperidine rings is 1. The molecule has 0 saturated carbocycles. The minimum Gasteiger partial charge on any atom is -0.489 e. The minimum atomic E-state index is -1.06. The standard InChI is InChI=1S/C29H28FN7O4/c1-29(2,39)16-41-22-8-23(26-19(9-31)12-34-36(26)15-22)18-6-24(30)27(33-11-18)35-13-20-7-21(14-35)37(20)28(38)17-4-5-25(40-3)32-10-17/h4-6,8,10-12,15,20-21,39H,7,13-14,16H2,1-3H3. The van der Waals surface area contributed by atoms with Gasteiger partial charge < -0.3 is 24.4 Å². The first kappa shape index (κ1) is 26.5. The van der Waals surface area contributed by atoms with E-state index in [1.165, 1.54) is 30.1 Å². The zero-order valence-corrected chi connectivity index (χ0v) is 22.8. The van der Waals surface area contributed by atoms with Crippen LogP contribution >= 0.6 is 0 Å². The normalized spacial score (nSPS) is 18.1. The first-order valence-electron chi connectivity index (χ1n) is 13.2. The molecule has 3 fully saturated rings. The molecule has 1 amide bonds. The van der Waals surface area contributed by atoms with Crippen molar-refractivity contribution in [3.8, 4) is 28.8 Å². The Kier molecular flexibility index (Phi) is 6.46. The second-order valence-electron chi connectivity index (χ2n) is 10.9. The molecule has 210 valence electrons. The van der Waals surface area contributed by atoms with Gasteiger partial charge in [0.05, 0.1) is 53.8 Å². The lowest BCUT2D eigenvalue weighted by atomic mass is 9.86. The minimum absolute atomic E-state index is 0.0294. The fourth-order valence-corrected chi connectivity index (χ4v) is 5.44. The van der Waals surface area contributed by atoms with Crippen molar-refractivity contribution < 1.29 is 23.8 Å². The van der Waals surface area contributed by atoms with Gasteiger partial charge in [-0.25, -0.2) is 18.9 Å². The van der Waals surface area contributed by atoms with Crippen molar-refractivity contribution in [2.24, 2.45) is 0 Å². The molecule has 0 aromatic carbocycles. The number of rotatable bonds is 7. The van der Waals surface area contributed by atoms with E-state index in [9.17, 15) is 15.2 Å². The quantitative estimate of drug-likeness (QED) is 0.364. The number of hydrogen-bond acceptors (Lipinski definition) is 9. The highest BCUT2D eigenvalue weighted by Crippen LogP contribution is 2.37. The zero-order valence-electron chi connectivity index (χ0n) is 22.8. The summed E-state index contributed by atoms with van der Waals surface area (Å²) < 4.78 is 27.9. The number of aliphatic hydroxyl groups is 1. The van der Waals surface area contributed by atoms with Crippen LogP contribution in [0.15, 0.2) is 49.1 Å². The van der Waals surface area contributed by atoms with Gasteiger partial charge in [0.15, 0.2) is 11.6 Å². The largest absolute Gasteiger partial charge is 0.489 e. The van der Waals surface area contributed by atoms with Gasteiger partial charge in [0, 0.05) is 42.7 Å². The van der Waals surface area contributed by atoms with Gasteiger partial charge in [-0.05, 0) is 38.5 Å². The Labute approximate surface area is 235 Å². The maximum atomic E-state index is 15.6. The lowest BCUT2D eigenvalue weighted by Gasteiger charge is -2.56. The predicted molar refractivity (Wildman–Crippen MR) is 146 cm³/mol. The van der Waals surface area contributed by atoms with Crippen molar-refractivity contribution in [2.45, 2.75) is 38.0 Å². The third kappa shape index (κ3) is 4.89. The zero-order chi connectivity index (χ0) is 28.9. The van der Waals surface area contributed by atoms with Crippen molar-refractivity contribution in [2.75, 3.05) is 31.7 Å². The number of amides is 1. The molecule has 2 atom stereocenters. The molecule has 1 N–H and O–H groups in total. The molecule has 11 nitrogen and oxygen atoms in total. The molecule has 3 aliphatic rings. The second-order valence-corrected chi connectivity index (χ2v) is 10.9. The second kappa shape index (κ2) is 10.0. The van der Waals surface area contributed by atoms with E-state index in [1.54, 1.807) is 44.4 Å². The van der Waals surface area contributed by atoms with E-state index in [0.717, 1.165) is 6.42 Å². The van der Waals surface area contributed by atoms with Gasteiger partial charge in [-0.15, -0.1) is 0 Å². The molecule has 3 aliphatic heterocycles. The van der Waals surface area contributed by atoms with Crippen LogP contribution in [-0.2, 0) is 0 Å². The Bertz CT molecular complexity index is 1660. The summed E-state index contributed by atoms with van der Waals surface area (Å²) in [5, 5.41) is 23.9. The van der Waals surface area contributed by atoms with Crippen molar-refractivity contribution in [3.63, 3.8) is 0 Å². The lowest BCUT2D eigenvalue weighted by Crippen LogP contribution is -2.70. The van der Waals surface area contributed by atoms with E-state index >= 15 is 4.39 Å². The number of hydrogen-bond donors (Lipinski definition) is 1. The Hall–Kier alpha value is -4.76. The third-order valence-corrected chi connectivity index (χ3v) is 7.35. The molecular weight excluding hydrogens is 529 g/mol. The first-order chi connectivity index (χ1) is 19.6. The molecule has 2 bridgehead atoms. The summed E-state index contributed by atoms with van der Waals surface area (Å²) >= 11 is 0. The molecule has 7 heterocycles. The summed E-state index contributed by atoms with van der Waals surface area (Å²) in [4.78, 5) is 25.4. The van der Waals surface area contributed by atoms with Gasteiger partial charge in [-0.1, -0.05) is 0 Å². The number of fused-ring (bicyclic) bond motifs is 3. The van der Waals surface area contributed by atoms with E-state index in [-0.39, 0.29) is 30.4 Å². The lowest BCUT2D eigenvalue weighted by molar-refractivity contribution is 0.00559. The van der Waals surface area contributed by atoms with Crippen molar-refractivity contribution in [1.29, 1.82) is 5.26 Å². The van der Waals surface area contributed by atoms with Gasteiger partial charge in [-0.2, -0.15) is 10.4 Å². The van der Waals surface area contributed by atoms with Crippen LogP contribution in [0.25, 0.3) is 16.6 Å². The average molecular weight is 558 g/mol. The number of carbonyl (C=O) groups excluding carboxylic acids is 1. The van der Waals surface area contributed by atoms with Crippen LogP contribution in [0, 0.1) is 17.1 Å². The maximum absolute atomic E-state index is 15.6. The average Bonchev–Trinajstić information content (AvgIpc) is 3.38. The number of piperazine rings is 1. The van der Waals surface area contributed by atoms with Crippen molar-refractivity contribution in [1.82, 2.24) is 24.5 Å². The van der Waals surface area contributed by atoms with Crippen LogP contribution < -0.4 is 14.4 Å². The molecule has 0 spiro atoms. The number of halogens is 1. The van der Waals surface area contributed by atoms with E-state index in [0.29, 0.717) is 52.5 Å².